The molecule has 0 bridgehead atoms. The van der Waals surface area contributed by atoms with Crippen LogP contribution in [0.2, 0.25) is 0 Å². The molecule has 7 N–H and O–H groups in total. The van der Waals surface area contributed by atoms with E-state index in [1.54, 1.807) is 0 Å². The van der Waals surface area contributed by atoms with E-state index in [2.05, 4.69) is 23.3 Å². The van der Waals surface area contributed by atoms with Crippen molar-refractivity contribution in [3.8, 4) is 0 Å². The first-order chi connectivity index (χ1) is 17.0. The predicted octanol–water partition coefficient (Wildman–Crippen LogP) is -2.86. The Bertz CT molecular complexity index is 873. The number of nitrogens with one attached hydrogen (secondary N) is 2. The molecule has 0 saturated carbocycles. The van der Waals surface area contributed by atoms with Crippen LogP contribution in [0.3, 0.4) is 0 Å². The van der Waals surface area contributed by atoms with Crippen LogP contribution >= 0.6 is 12.6 Å². The Kier molecular flexibility index (Phi) is 10.9. The highest BCUT2D eigenvalue weighted by molar-refractivity contribution is 7.80. The van der Waals surface area contributed by atoms with Gasteiger partial charge in [0.15, 0.2) is 0 Å². The zero-order valence-corrected chi connectivity index (χ0v) is 20.6. The number of carboxylic acids is 2. The van der Waals surface area contributed by atoms with Gasteiger partial charge in [-0.25, -0.2) is 4.79 Å². The number of aliphatic carboxylic acids is 2. The number of carbonyl (C=O) groups excluding carboxylic acids is 4. The van der Waals surface area contributed by atoms with Gasteiger partial charge in [0, 0.05) is 25.3 Å². The monoisotopic (exact) mass is 531 g/mol. The molecule has 5 atom stereocenters. The minimum Gasteiger partial charge on any atom is -0.481 e. The number of aliphatic hydroxyl groups excluding tert-OH is 1. The van der Waals surface area contributed by atoms with Gasteiger partial charge in [-0.15, -0.1) is 0 Å². The minimum absolute atomic E-state index is 0.0976. The van der Waals surface area contributed by atoms with E-state index >= 15 is 0 Å². The van der Waals surface area contributed by atoms with Crippen LogP contribution in [-0.4, -0.2) is 116 Å². The molecule has 36 heavy (non-hydrogen) atoms. The lowest BCUT2D eigenvalue weighted by Crippen LogP contribution is -2.59. The molecule has 14 nitrogen and oxygen atoms in total. The molecule has 0 aromatic heterocycles. The number of hydrogen-bond donors (Lipinski definition) is 7. The molecule has 2 rings (SSSR count). The fourth-order valence-corrected chi connectivity index (χ4v) is 4.57. The quantitative estimate of drug-likeness (QED) is 0.128. The molecule has 2 aliphatic heterocycles. The third-order valence-electron chi connectivity index (χ3n) is 6.26. The molecule has 4 amide bonds. The summed E-state index contributed by atoms with van der Waals surface area (Å²) < 4.78 is 0. The van der Waals surface area contributed by atoms with Crippen molar-refractivity contribution in [1.82, 2.24) is 20.4 Å². The molecule has 0 aliphatic carbocycles. The van der Waals surface area contributed by atoms with E-state index in [1.807, 2.05) is 0 Å². The lowest BCUT2D eigenvalue weighted by atomic mass is 10.1. The van der Waals surface area contributed by atoms with E-state index in [-0.39, 0.29) is 38.1 Å². The van der Waals surface area contributed by atoms with Gasteiger partial charge in [-0.1, -0.05) is 0 Å². The minimum atomic E-state index is -1.44. The maximum Gasteiger partial charge on any atom is 0.326 e. The van der Waals surface area contributed by atoms with Crippen LogP contribution in [0.5, 0.6) is 0 Å². The molecule has 202 valence electrons. The highest BCUT2D eigenvalue weighted by Crippen LogP contribution is 2.20. The van der Waals surface area contributed by atoms with Crippen LogP contribution < -0.4 is 16.4 Å². The van der Waals surface area contributed by atoms with E-state index < -0.39 is 72.4 Å². The number of amides is 4. The van der Waals surface area contributed by atoms with Crippen LogP contribution in [-0.2, 0) is 28.8 Å². The summed E-state index contributed by atoms with van der Waals surface area (Å²) in [7, 11) is 0. The summed E-state index contributed by atoms with van der Waals surface area (Å²) in [4.78, 5) is 75.5. The summed E-state index contributed by atoms with van der Waals surface area (Å²) >= 11 is 4.07. The second kappa shape index (κ2) is 13.4. The summed E-state index contributed by atoms with van der Waals surface area (Å²) in [6.45, 7) is -0.355. The smallest absolute Gasteiger partial charge is 0.326 e. The first kappa shape index (κ1) is 29.3. The lowest BCUT2D eigenvalue weighted by Gasteiger charge is -2.29. The highest BCUT2D eigenvalue weighted by atomic mass is 32.1. The van der Waals surface area contributed by atoms with Crippen molar-refractivity contribution in [2.45, 2.75) is 68.7 Å². The maximum absolute atomic E-state index is 12.9. The summed E-state index contributed by atoms with van der Waals surface area (Å²) in [5, 5.41) is 32.6. The number of likely N-dealkylation sites (tertiary alicyclic amines) is 2. The first-order valence-corrected chi connectivity index (χ1v) is 12.3. The van der Waals surface area contributed by atoms with Crippen molar-refractivity contribution in [2.75, 3.05) is 25.4 Å². The topological polar surface area (TPSA) is 220 Å². The van der Waals surface area contributed by atoms with Gasteiger partial charge < -0.3 is 41.5 Å². The second-order valence-electron chi connectivity index (χ2n) is 8.74. The van der Waals surface area contributed by atoms with Crippen LogP contribution in [0.4, 0.5) is 0 Å². The number of carboxylic acid groups (broad SMARTS) is 2. The second-order valence-corrected chi connectivity index (χ2v) is 9.11. The van der Waals surface area contributed by atoms with E-state index in [0.717, 1.165) is 4.90 Å². The van der Waals surface area contributed by atoms with Gasteiger partial charge in [0.1, 0.15) is 24.2 Å². The number of rotatable bonds is 12. The van der Waals surface area contributed by atoms with Crippen LogP contribution in [0.25, 0.3) is 0 Å². The molecule has 2 fully saturated rings. The molecule has 2 aliphatic rings. The fourth-order valence-electron chi connectivity index (χ4n) is 4.33. The van der Waals surface area contributed by atoms with Gasteiger partial charge in [0.25, 0.3) is 0 Å². The van der Waals surface area contributed by atoms with E-state index in [1.165, 1.54) is 4.90 Å². The van der Waals surface area contributed by atoms with E-state index in [4.69, 9.17) is 10.8 Å². The average molecular weight is 532 g/mol. The molecule has 2 heterocycles. The van der Waals surface area contributed by atoms with Gasteiger partial charge >= 0.3 is 11.9 Å². The third kappa shape index (κ3) is 7.30. The molecule has 0 unspecified atom stereocenters. The lowest BCUT2D eigenvalue weighted by molar-refractivity contribution is -0.149. The maximum atomic E-state index is 12.9. The largest absolute Gasteiger partial charge is 0.481 e. The summed E-state index contributed by atoms with van der Waals surface area (Å²) in [6.07, 6.45) is 1.16. The van der Waals surface area contributed by atoms with Crippen molar-refractivity contribution in [1.29, 1.82) is 0 Å². The summed E-state index contributed by atoms with van der Waals surface area (Å²) in [5.74, 6) is -5.19. The number of nitrogens with zero attached hydrogens (tertiary/aromatic N) is 2. The number of thiol groups is 1. The van der Waals surface area contributed by atoms with Gasteiger partial charge in [-0.3, -0.25) is 24.0 Å². The molecular weight excluding hydrogens is 498 g/mol. The molecule has 0 spiro atoms. The third-order valence-corrected chi connectivity index (χ3v) is 6.62. The molecular formula is C21H33N5O9S. The molecule has 0 aromatic carbocycles. The fraction of sp³-hybridized carbons (Fsp3) is 0.714. The highest BCUT2D eigenvalue weighted by Gasteiger charge is 2.40. The average Bonchev–Trinajstić information content (AvgIpc) is 3.53. The normalized spacial score (nSPS) is 22.0. The Morgan fingerprint density at radius 1 is 0.917 bits per heavy atom. The summed E-state index contributed by atoms with van der Waals surface area (Å²) in [5.41, 5.74) is 5.79. The Hall–Kier alpha value is -2.91. The van der Waals surface area contributed by atoms with Gasteiger partial charge in [-0.05, 0) is 32.1 Å². The Labute approximate surface area is 212 Å². The molecule has 0 aromatic rings. The van der Waals surface area contributed by atoms with E-state index in [9.17, 15) is 39.0 Å². The molecule has 0 radical (unpaired) electrons. The van der Waals surface area contributed by atoms with Crippen molar-refractivity contribution in [2.24, 2.45) is 5.73 Å². The van der Waals surface area contributed by atoms with Crippen molar-refractivity contribution < 1.29 is 44.1 Å². The van der Waals surface area contributed by atoms with E-state index in [0.29, 0.717) is 19.3 Å². The van der Waals surface area contributed by atoms with Crippen molar-refractivity contribution >= 4 is 48.2 Å². The Morgan fingerprint density at radius 2 is 1.50 bits per heavy atom. The number of hydrogen-bond acceptors (Lipinski definition) is 9. The Morgan fingerprint density at radius 3 is 2.03 bits per heavy atom. The first-order valence-electron chi connectivity index (χ1n) is 11.6. The van der Waals surface area contributed by atoms with Crippen LogP contribution in [0, 0.1) is 0 Å². The predicted molar refractivity (Wildman–Crippen MR) is 127 cm³/mol. The van der Waals surface area contributed by atoms with Crippen molar-refractivity contribution in [3.63, 3.8) is 0 Å². The van der Waals surface area contributed by atoms with Crippen molar-refractivity contribution in [3.05, 3.63) is 0 Å². The SMILES string of the molecule is N[C@@H](CCC(=O)O)C(=O)N1CCC[C@H]1C(=O)N[C@@H](CO)C(=O)N[C@@H](CS)C(=O)N1CCC[C@H]1C(=O)O. The van der Waals surface area contributed by atoms with Gasteiger partial charge in [0.05, 0.1) is 12.6 Å². The van der Waals surface area contributed by atoms with Crippen LogP contribution in [0.15, 0.2) is 0 Å². The standard InChI is InChI=1S/C21H33N5O9S/c22-11(5-6-16(28)29)19(32)25-7-1-3-14(25)18(31)23-12(9-27)17(30)24-13(10-36)20(33)26-8-2-4-15(26)21(34)35/h11-15,27,36H,1-10,22H2,(H,23,31)(H,24,30)(H,28,29)(H,34,35)/t11-,12-,13-,14-,15-/m0/s1. The molecule has 15 heteroatoms. The van der Waals surface area contributed by atoms with Gasteiger partial charge in [-0.2, -0.15) is 12.6 Å². The number of nitrogens with two attached hydrogens (primary N) is 1. The van der Waals surface area contributed by atoms with Crippen LogP contribution in [0.1, 0.15) is 38.5 Å². The summed E-state index contributed by atoms with van der Waals surface area (Å²) in [6, 6.07) is -5.69. The molecule has 2 saturated heterocycles. The number of carbonyl (C=O) groups is 6. The number of aliphatic hydroxyl groups is 1. The Balaban J connectivity index is 2.00. The van der Waals surface area contributed by atoms with Gasteiger partial charge in [0.2, 0.25) is 23.6 Å². The zero-order chi connectivity index (χ0) is 27.0. The zero-order valence-electron chi connectivity index (χ0n) is 19.7.